The lowest BCUT2D eigenvalue weighted by atomic mass is 10.1. The molecule has 0 radical (unpaired) electrons. The van der Waals surface area contributed by atoms with Crippen molar-refractivity contribution in [1.82, 2.24) is 15.1 Å². The third kappa shape index (κ3) is 5.68. The maximum absolute atomic E-state index is 5.44. The van der Waals surface area contributed by atoms with Crippen LogP contribution in [0.25, 0.3) is 0 Å². The van der Waals surface area contributed by atoms with Crippen molar-refractivity contribution in [2.45, 2.75) is 51.6 Å². The number of rotatable bonds is 6. The van der Waals surface area contributed by atoms with Gasteiger partial charge >= 0.3 is 0 Å². The second kappa shape index (κ2) is 7.74. The van der Waals surface area contributed by atoms with Gasteiger partial charge in [0.2, 0.25) is 0 Å². The van der Waals surface area contributed by atoms with Crippen LogP contribution >= 0.6 is 0 Å². The summed E-state index contributed by atoms with van der Waals surface area (Å²) in [6.07, 6.45) is 3.95. The van der Waals surface area contributed by atoms with Crippen LogP contribution in [0.3, 0.4) is 0 Å². The molecular weight excluding hydrogens is 250 g/mol. The molecule has 118 valence electrons. The molecule has 2 aliphatic rings. The molecule has 0 bridgehead atoms. The molecule has 2 fully saturated rings. The fraction of sp³-hybridized carbons (Fsp3) is 1.00. The minimum Gasteiger partial charge on any atom is -0.379 e. The molecule has 2 saturated heterocycles. The predicted molar refractivity (Wildman–Crippen MR) is 84.2 cm³/mol. The second-order valence-corrected chi connectivity index (χ2v) is 7.28. The molecule has 1 unspecified atom stereocenters. The minimum absolute atomic E-state index is 0.259. The van der Waals surface area contributed by atoms with E-state index in [1.165, 1.54) is 38.9 Å². The van der Waals surface area contributed by atoms with Gasteiger partial charge in [-0.2, -0.15) is 0 Å². The molecule has 0 aliphatic carbocycles. The van der Waals surface area contributed by atoms with E-state index in [1.54, 1.807) is 0 Å². The first kappa shape index (κ1) is 16.2. The quantitative estimate of drug-likeness (QED) is 0.749. The first-order valence-corrected chi connectivity index (χ1v) is 8.34. The maximum atomic E-state index is 5.44. The largest absolute Gasteiger partial charge is 0.379 e. The Hall–Kier alpha value is -0.160. The number of unbranched alkanes of at least 4 members (excludes halogenated alkanes) is 1. The minimum atomic E-state index is 0.259. The molecule has 0 amide bonds. The number of hydrogen-bond acceptors (Lipinski definition) is 4. The Balaban J connectivity index is 1.54. The zero-order valence-corrected chi connectivity index (χ0v) is 13.7. The standard InChI is InChI=1S/C16H33N3O/c1-16(2,3)17-7-4-5-8-18-9-6-15(14-18)19-10-12-20-13-11-19/h15,17H,4-14H2,1-3H3. The lowest BCUT2D eigenvalue weighted by Gasteiger charge is -2.32. The van der Waals surface area contributed by atoms with E-state index >= 15 is 0 Å². The van der Waals surface area contributed by atoms with Crippen molar-refractivity contribution >= 4 is 0 Å². The van der Waals surface area contributed by atoms with Crippen molar-refractivity contribution in [1.29, 1.82) is 0 Å². The van der Waals surface area contributed by atoms with E-state index in [1.807, 2.05) is 0 Å². The van der Waals surface area contributed by atoms with Crippen molar-refractivity contribution in [3.8, 4) is 0 Å². The molecule has 0 aromatic heterocycles. The molecule has 2 rings (SSSR count). The lowest BCUT2D eigenvalue weighted by Crippen LogP contribution is -2.44. The van der Waals surface area contributed by atoms with Gasteiger partial charge in [-0.25, -0.2) is 0 Å². The van der Waals surface area contributed by atoms with Crippen LogP contribution in [0.15, 0.2) is 0 Å². The highest BCUT2D eigenvalue weighted by molar-refractivity contribution is 4.84. The summed E-state index contributed by atoms with van der Waals surface area (Å²) in [5, 5.41) is 3.57. The van der Waals surface area contributed by atoms with Gasteiger partial charge < -0.3 is 15.0 Å². The summed E-state index contributed by atoms with van der Waals surface area (Å²) in [5.41, 5.74) is 0.259. The van der Waals surface area contributed by atoms with Gasteiger partial charge in [-0.15, -0.1) is 0 Å². The van der Waals surface area contributed by atoms with Gasteiger partial charge in [-0.1, -0.05) is 0 Å². The molecule has 20 heavy (non-hydrogen) atoms. The van der Waals surface area contributed by atoms with E-state index in [0.717, 1.165) is 38.9 Å². The highest BCUT2D eigenvalue weighted by Gasteiger charge is 2.28. The number of hydrogen-bond donors (Lipinski definition) is 1. The number of nitrogens with one attached hydrogen (secondary N) is 1. The van der Waals surface area contributed by atoms with Crippen LogP contribution in [0, 0.1) is 0 Å². The van der Waals surface area contributed by atoms with Crippen LogP contribution in [0.1, 0.15) is 40.0 Å². The molecule has 0 aromatic rings. The van der Waals surface area contributed by atoms with Gasteiger partial charge in [-0.3, -0.25) is 4.90 Å². The van der Waals surface area contributed by atoms with Gasteiger partial charge in [-0.05, 0) is 59.7 Å². The van der Waals surface area contributed by atoms with Crippen LogP contribution in [0.5, 0.6) is 0 Å². The zero-order chi connectivity index (χ0) is 14.4. The molecule has 4 nitrogen and oxygen atoms in total. The normalized spacial score (nSPS) is 26.2. The third-order valence-electron chi connectivity index (χ3n) is 4.37. The highest BCUT2D eigenvalue weighted by Crippen LogP contribution is 2.17. The van der Waals surface area contributed by atoms with Gasteiger partial charge in [0.15, 0.2) is 0 Å². The Kier molecular flexibility index (Phi) is 6.27. The third-order valence-corrected chi connectivity index (χ3v) is 4.37. The zero-order valence-electron chi connectivity index (χ0n) is 13.7. The Bertz CT molecular complexity index is 271. The average Bonchev–Trinajstić information content (AvgIpc) is 2.87. The van der Waals surface area contributed by atoms with E-state index < -0.39 is 0 Å². The molecule has 2 aliphatic heterocycles. The molecule has 1 atom stereocenters. The second-order valence-electron chi connectivity index (χ2n) is 7.28. The van der Waals surface area contributed by atoms with Crippen LogP contribution in [-0.4, -0.2) is 73.9 Å². The summed E-state index contributed by atoms with van der Waals surface area (Å²) in [4.78, 5) is 5.28. The van der Waals surface area contributed by atoms with Crippen LogP contribution in [0.4, 0.5) is 0 Å². The summed E-state index contributed by atoms with van der Waals surface area (Å²) in [6, 6.07) is 0.784. The van der Waals surface area contributed by atoms with Crippen molar-refractivity contribution < 1.29 is 4.74 Å². The Morgan fingerprint density at radius 1 is 1.10 bits per heavy atom. The van der Waals surface area contributed by atoms with E-state index in [4.69, 9.17) is 4.74 Å². The van der Waals surface area contributed by atoms with E-state index in [2.05, 4.69) is 35.9 Å². The topological polar surface area (TPSA) is 27.7 Å². The summed E-state index contributed by atoms with van der Waals surface area (Å²) >= 11 is 0. The average molecular weight is 283 g/mol. The van der Waals surface area contributed by atoms with Gasteiger partial charge in [0.05, 0.1) is 13.2 Å². The summed E-state index contributed by atoms with van der Waals surface area (Å²) in [6.45, 7) is 15.8. The van der Waals surface area contributed by atoms with Gasteiger partial charge in [0.25, 0.3) is 0 Å². The van der Waals surface area contributed by atoms with Crippen LogP contribution in [-0.2, 0) is 4.74 Å². The van der Waals surface area contributed by atoms with E-state index in [0.29, 0.717) is 0 Å². The van der Waals surface area contributed by atoms with Crippen molar-refractivity contribution in [2.75, 3.05) is 52.5 Å². The fourth-order valence-corrected chi connectivity index (χ4v) is 3.18. The molecular formula is C16H33N3O. The lowest BCUT2D eigenvalue weighted by molar-refractivity contribution is 0.0185. The number of likely N-dealkylation sites (tertiary alicyclic amines) is 1. The summed E-state index contributed by atoms with van der Waals surface area (Å²) < 4.78 is 5.44. The molecule has 0 aromatic carbocycles. The van der Waals surface area contributed by atoms with Crippen molar-refractivity contribution in [2.24, 2.45) is 0 Å². The first-order valence-electron chi connectivity index (χ1n) is 8.34. The highest BCUT2D eigenvalue weighted by atomic mass is 16.5. The Morgan fingerprint density at radius 3 is 2.55 bits per heavy atom. The van der Waals surface area contributed by atoms with E-state index in [9.17, 15) is 0 Å². The summed E-state index contributed by atoms with van der Waals surface area (Å²) in [5.74, 6) is 0. The van der Waals surface area contributed by atoms with Crippen LogP contribution in [0.2, 0.25) is 0 Å². The molecule has 1 N–H and O–H groups in total. The monoisotopic (exact) mass is 283 g/mol. The molecule has 2 heterocycles. The molecule has 4 heteroatoms. The van der Waals surface area contributed by atoms with Crippen molar-refractivity contribution in [3.63, 3.8) is 0 Å². The van der Waals surface area contributed by atoms with Crippen LogP contribution < -0.4 is 5.32 Å². The predicted octanol–water partition coefficient (Wildman–Crippen LogP) is 1.56. The SMILES string of the molecule is CC(C)(C)NCCCCN1CCC(N2CCOCC2)C1. The smallest absolute Gasteiger partial charge is 0.0594 e. The van der Waals surface area contributed by atoms with Gasteiger partial charge in [0, 0.05) is 31.2 Å². The van der Waals surface area contributed by atoms with E-state index in [-0.39, 0.29) is 5.54 Å². The molecule has 0 saturated carbocycles. The fourth-order valence-electron chi connectivity index (χ4n) is 3.18. The molecule has 0 spiro atoms. The number of ether oxygens (including phenoxy) is 1. The Labute approximate surface area is 124 Å². The summed E-state index contributed by atoms with van der Waals surface area (Å²) in [7, 11) is 0. The van der Waals surface area contributed by atoms with Gasteiger partial charge in [0.1, 0.15) is 0 Å². The maximum Gasteiger partial charge on any atom is 0.0594 e. The first-order chi connectivity index (χ1) is 9.54. The number of nitrogens with zero attached hydrogens (tertiary/aromatic N) is 2. The Morgan fingerprint density at radius 2 is 1.85 bits per heavy atom. The number of morpholine rings is 1. The van der Waals surface area contributed by atoms with Crippen molar-refractivity contribution in [3.05, 3.63) is 0 Å².